The molecular formula is C26H37ClN4O5S2. The standard InChI is InChI=1S/C26H36N4O5S2.ClH/c1-7-13-29(14-8-2)37(32,33)20-11-9-19(10-12-20)25(31)30(16-15-28(3)4)26-27-21-17-22(34-5)23(35-6)18-24(21)36-26;/h9-12,17-18H,7-8,13-16H2,1-6H3;1H. The molecule has 210 valence electrons. The van der Waals surface area contributed by atoms with Crippen LogP contribution in [0.15, 0.2) is 41.3 Å². The third-order valence-electron chi connectivity index (χ3n) is 5.81. The summed E-state index contributed by atoms with van der Waals surface area (Å²) in [4.78, 5) is 22.2. The van der Waals surface area contributed by atoms with Crippen LogP contribution in [0.25, 0.3) is 10.2 Å². The molecule has 0 aliphatic carbocycles. The van der Waals surface area contributed by atoms with Crippen LogP contribution >= 0.6 is 23.7 Å². The lowest BCUT2D eigenvalue weighted by Crippen LogP contribution is -2.36. The molecule has 1 aromatic heterocycles. The minimum absolute atomic E-state index is 0. The maximum atomic E-state index is 13.6. The number of nitrogens with zero attached hydrogens (tertiary/aromatic N) is 4. The van der Waals surface area contributed by atoms with E-state index in [4.69, 9.17) is 14.5 Å². The Labute approximate surface area is 235 Å². The molecule has 0 spiro atoms. The van der Waals surface area contributed by atoms with Gasteiger partial charge in [-0.25, -0.2) is 13.4 Å². The first-order valence-corrected chi connectivity index (χ1v) is 14.5. The fraction of sp³-hybridized carbons (Fsp3) is 0.462. The van der Waals surface area contributed by atoms with Gasteiger partial charge in [-0.3, -0.25) is 9.69 Å². The summed E-state index contributed by atoms with van der Waals surface area (Å²) in [6.07, 6.45) is 1.47. The third-order valence-corrected chi connectivity index (χ3v) is 8.77. The highest BCUT2D eigenvalue weighted by Crippen LogP contribution is 2.37. The first kappa shape index (κ1) is 31.8. The number of benzene rings is 2. The molecule has 0 atom stereocenters. The van der Waals surface area contributed by atoms with Crippen molar-refractivity contribution in [3.63, 3.8) is 0 Å². The van der Waals surface area contributed by atoms with E-state index in [-0.39, 0.29) is 23.2 Å². The van der Waals surface area contributed by atoms with Crippen LogP contribution in [0.3, 0.4) is 0 Å². The van der Waals surface area contributed by atoms with Crippen LogP contribution in [0.4, 0.5) is 5.13 Å². The van der Waals surface area contributed by atoms with Gasteiger partial charge < -0.3 is 14.4 Å². The summed E-state index contributed by atoms with van der Waals surface area (Å²) >= 11 is 1.39. The number of hydrogen-bond donors (Lipinski definition) is 0. The predicted molar refractivity (Wildman–Crippen MR) is 156 cm³/mol. The van der Waals surface area contributed by atoms with Crippen LogP contribution in [0.2, 0.25) is 0 Å². The van der Waals surface area contributed by atoms with E-state index in [9.17, 15) is 13.2 Å². The van der Waals surface area contributed by atoms with E-state index in [0.29, 0.717) is 53.9 Å². The summed E-state index contributed by atoms with van der Waals surface area (Å²) in [6.45, 7) is 5.88. The van der Waals surface area contributed by atoms with E-state index < -0.39 is 10.0 Å². The zero-order chi connectivity index (χ0) is 27.2. The van der Waals surface area contributed by atoms with Crippen LogP contribution in [0.1, 0.15) is 37.0 Å². The predicted octanol–water partition coefficient (Wildman–Crippen LogP) is 4.75. The highest BCUT2D eigenvalue weighted by molar-refractivity contribution is 7.89. The molecule has 0 unspecified atom stereocenters. The van der Waals surface area contributed by atoms with Crippen LogP contribution in [0, 0.1) is 0 Å². The molecule has 0 aliphatic heterocycles. The minimum atomic E-state index is -3.62. The summed E-state index contributed by atoms with van der Waals surface area (Å²) in [6, 6.07) is 9.82. The molecule has 0 bridgehead atoms. The van der Waals surface area contributed by atoms with Crippen molar-refractivity contribution in [2.45, 2.75) is 31.6 Å². The molecule has 0 N–H and O–H groups in total. The topological polar surface area (TPSA) is 92.3 Å². The van der Waals surface area contributed by atoms with Crippen molar-refractivity contribution in [3.8, 4) is 11.5 Å². The van der Waals surface area contributed by atoms with Gasteiger partial charge in [0.1, 0.15) is 0 Å². The van der Waals surface area contributed by atoms with Gasteiger partial charge in [-0.05, 0) is 51.2 Å². The van der Waals surface area contributed by atoms with Crippen LogP contribution in [-0.4, -0.2) is 83.0 Å². The van der Waals surface area contributed by atoms with Gasteiger partial charge >= 0.3 is 0 Å². The molecule has 1 amide bonds. The normalized spacial score (nSPS) is 11.6. The number of halogens is 1. The highest BCUT2D eigenvalue weighted by Gasteiger charge is 2.25. The summed E-state index contributed by atoms with van der Waals surface area (Å²) in [5.41, 5.74) is 1.10. The molecule has 2 aromatic carbocycles. The molecule has 3 rings (SSSR count). The van der Waals surface area contributed by atoms with Crippen LogP contribution < -0.4 is 14.4 Å². The van der Waals surface area contributed by atoms with Crippen LogP contribution in [-0.2, 0) is 10.0 Å². The Morgan fingerprint density at radius 3 is 2.03 bits per heavy atom. The smallest absolute Gasteiger partial charge is 0.260 e. The number of rotatable bonds is 13. The number of sulfonamides is 1. The van der Waals surface area contributed by atoms with Crippen molar-refractivity contribution in [2.24, 2.45) is 0 Å². The summed E-state index contributed by atoms with van der Waals surface area (Å²) in [5, 5.41) is 0.547. The number of hydrogen-bond acceptors (Lipinski definition) is 8. The fourth-order valence-electron chi connectivity index (χ4n) is 3.87. The van der Waals surface area contributed by atoms with E-state index in [1.165, 1.54) is 27.8 Å². The number of thiazole rings is 1. The Balaban J connectivity index is 0.00000507. The molecule has 3 aromatic rings. The molecule has 9 nitrogen and oxygen atoms in total. The Bertz CT molecular complexity index is 1270. The maximum Gasteiger partial charge on any atom is 0.260 e. The molecule has 38 heavy (non-hydrogen) atoms. The van der Waals surface area contributed by atoms with Gasteiger partial charge in [0.15, 0.2) is 16.6 Å². The second-order valence-corrected chi connectivity index (χ2v) is 11.8. The molecule has 0 saturated heterocycles. The van der Waals surface area contributed by atoms with Gasteiger partial charge in [0, 0.05) is 43.9 Å². The monoisotopic (exact) mass is 584 g/mol. The lowest BCUT2D eigenvalue weighted by atomic mass is 10.2. The van der Waals surface area contributed by atoms with Crippen molar-refractivity contribution in [1.82, 2.24) is 14.2 Å². The Morgan fingerprint density at radius 2 is 1.50 bits per heavy atom. The number of anilines is 1. The molecule has 12 heteroatoms. The Morgan fingerprint density at radius 1 is 0.921 bits per heavy atom. The maximum absolute atomic E-state index is 13.6. The van der Waals surface area contributed by atoms with E-state index in [0.717, 1.165) is 17.5 Å². The summed E-state index contributed by atoms with van der Waals surface area (Å²) in [5.74, 6) is 0.908. The largest absolute Gasteiger partial charge is 0.493 e. The first-order chi connectivity index (χ1) is 17.7. The molecule has 0 aliphatic rings. The molecular weight excluding hydrogens is 548 g/mol. The zero-order valence-electron chi connectivity index (χ0n) is 22.8. The van der Waals surface area contributed by atoms with E-state index in [1.807, 2.05) is 38.9 Å². The number of carbonyl (C=O) groups is 1. The number of aromatic nitrogens is 1. The molecule has 1 heterocycles. The van der Waals surface area contributed by atoms with Crippen LogP contribution in [0.5, 0.6) is 11.5 Å². The fourth-order valence-corrected chi connectivity index (χ4v) is 6.49. The van der Waals surface area contributed by atoms with E-state index >= 15 is 0 Å². The van der Waals surface area contributed by atoms with E-state index in [2.05, 4.69) is 0 Å². The number of carbonyl (C=O) groups excluding carboxylic acids is 1. The quantitative estimate of drug-likeness (QED) is 0.286. The summed E-state index contributed by atoms with van der Waals surface area (Å²) < 4.78 is 39.4. The number of likely N-dealkylation sites (N-methyl/N-ethyl adjacent to an activating group) is 1. The highest BCUT2D eigenvalue weighted by atomic mass is 35.5. The Kier molecular flexibility index (Phi) is 11.8. The van der Waals surface area contributed by atoms with Gasteiger partial charge in [-0.15, -0.1) is 12.4 Å². The Hall–Kier alpha value is -2.44. The molecule has 0 fully saturated rings. The van der Waals surface area contributed by atoms with Gasteiger partial charge in [-0.2, -0.15) is 4.31 Å². The second kappa shape index (κ2) is 14.1. The lowest BCUT2D eigenvalue weighted by molar-refractivity contribution is 0.0985. The minimum Gasteiger partial charge on any atom is -0.493 e. The van der Waals surface area contributed by atoms with Gasteiger partial charge in [-0.1, -0.05) is 25.2 Å². The third kappa shape index (κ3) is 7.15. The number of methoxy groups -OCH3 is 2. The second-order valence-electron chi connectivity index (χ2n) is 8.86. The van der Waals surface area contributed by atoms with Gasteiger partial charge in [0.2, 0.25) is 10.0 Å². The van der Waals surface area contributed by atoms with Crippen molar-refractivity contribution in [3.05, 3.63) is 42.0 Å². The average Bonchev–Trinajstić information content (AvgIpc) is 3.30. The lowest BCUT2D eigenvalue weighted by Gasteiger charge is -2.23. The van der Waals surface area contributed by atoms with Gasteiger partial charge in [0.05, 0.1) is 29.3 Å². The SMILES string of the molecule is CCCN(CCC)S(=O)(=O)c1ccc(C(=O)N(CCN(C)C)c2nc3cc(OC)c(OC)cc3s2)cc1.Cl. The average molecular weight is 585 g/mol. The summed E-state index contributed by atoms with van der Waals surface area (Å²) in [7, 11) is 3.40. The van der Waals surface area contributed by atoms with Crippen molar-refractivity contribution < 1.29 is 22.7 Å². The number of amides is 1. The molecule has 0 saturated carbocycles. The van der Waals surface area contributed by atoms with Crippen molar-refractivity contribution in [1.29, 1.82) is 0 Å². The number of fused-ring (bicyclic) bond motifs is 1. The van der Waals surface area contributed by atoms with E-state index in [1.54, 1.807) is 37.3 Å². The first-order valence-electron chi connectivity index (χ1n) is 12.3. The van der Waals surface area contributed by atoms with Crippen molar-refractivity contribution in [2.75, 3.05) is 59.4 Å². The molecule has 0 radical (unpaired) electrons. The van der Waals surface area contributed by atoms with Crippen molar-refractivity contribution >= 4 is 55.0 Å². The number of ether oxygens (including phenoxy) is 2. The van der Waals surface area contributed by atoms with Gasteiger partial charge in [0.25, 0.3) is 5.91 Å². The zero-order valence-corrected chi connectivity index (χ0v) is 25.2.